The van der Waals surface area contributed by atoms with E-state index in [1.165, 1.54) is 0 Å². The quantitative estimate of drug-likeness (QED) is 0.825. The lowest BCUT2D eigenvalue weighted by molar-refractivity contribution is -0.213. The molecule has 1 aliphatic heterocycles. The maximum atomic E-state index is 13.1. The van der Waals surface area contributed by atoms with Crippen molar-refractivity contribution in [2.75, 3.05) is 5.32 Å². The first-order valence-electron chi connectivity index (χ1n) is 8.91. The smallest absolute Gasteiger partial charge is 0.348 e. The first-order chi connectivity index (χ1) is 12.7. The number of hydrogen-bond donors (Lipinski definition) is 2. The Balaban J connectivity index is 2.01. The Hall–Kier alpha value is -2.58. The third-order valence-electron chi connectivity index (χ3n) is 4.86. The van der Waals surface area contributed by atoms with E-state index < -0.39 is 29.5 Å². The molecule has 3 rings (SSSR count). The summed E-state index contributed by atoms with van der Waals surface area (Å²) in [6.45, 7) is 8.09. The molecule has 0 unspecified atom stereocenters. The van der Waals surface area contributed by atoms with Crippen LogP contribution in [0.3, 0.4) is 0 Å². The largest absolute Gasteiger partial charge is 0.394 e. The summed E-state index contributed by atoms with van der Waals surface area (Å²) < 4.78 is 41.1. The minimum absolute atomic E-state index is 0.162. The van der Waals surface area contributed by atoms with E-state index >= 15 is 0 Å². The number of rotatable bonds is 3. The zero-order valence-electron chi connectivity index (χ0n) is 16.4. The third-order valence-corrected chi connectivity index (χ3v) is 4.86. The minimum atomic E-state index is -4.50. The first kappa shape index (κ1) is 20.2. The molecule has 1 aliphatic rings. The van der Waals surface area contributed by atoms with Crippen LogP contribution in [0.5, 0.6) is 0 Å². The van der Waals surface area contributed by atoms with Crippen molar-refractivity contribution >= 4 is 28.8 Å². The third kappa shape index (κ3) is 3.45. The molecule has 1 aromatic carbocycles. The normalized spacial score (nSPS) is 14.9. The zero-order chi connectivity index (χ0) is 21.1. The van der Waals surface area contributed by atoms with Gasteiger partial charge in [-0.1, -0.05) is 13.8 Å². The lowest BCUT2D eigenvalue weighted by Gasteiger charge is -2.28. The van der Waals surface area contributed by atoms with Crippen LogP contribution in [0.1, 0.15) is 57.0 Å². The van der Waals surface area contributed by atoms with Gasteiger partial charge in [-0.2, -0.15) is 13.2 Å². The van der Waals surface area contributed by atoms with Crippen LogP contribution in [-0.4, -0.2) is 27.5 Å². The van der Waals surface area contributed by atoms with E-state index in [9.17, 15) is 22.8 Å². The molecule has 0 saturated carbocycles. The van der Waals surface area contributed by atoms with Gasteiger partial charge in [0.15, 0.2) is 0 Å². The second-order valence-electron chi connectivity index (χ2n) is 8.73. The van der Waals surface area contributed by atoms with Crippen LogP contribution in [0, 0.1) is 5.41 Å². The SMILES string of the molecule is CC(C)(C)n1c(NC(=O)CC(C)(C)C(F)(F)F)nc2cc3c(cc21)CNC3=O. The number of aromatic nitrogens is 2. The Morgan fingerprint density at radius 2 is 1.86 bits per heavy atom. The molecule has 0 radical (unpaired) electrons. The molecule has 0 atom stereocenters. The Labute approximate surface area is 160 Å². The Kier molecular flexibility index (Phi) is 4.48. The number of carbonyl (C=O) groups is 2. The van der Waals surface area contributed by atoms with Crippen LogP contribution in [-0.2, 0) is 16.9 Å². The van der Waals surface area contributed by atoms with Crippen LogP contribution in [0.15, 0.2) is 12.1 Å². The van der Waals surface area contributed by atoms with Gasteiger partial charge in [0.05, 0.1) is 16.4 Å². The summed E-state index contributed by atoms with van der Waals surface area (Å²) in [5, 5.41) is 5.28. The summed E-state index contributed by atoms with van der Waals surface area (Å²) in [4.78, 5) is 28.7. The number of imidazole rings is 1. The van der Waals surface area contributed by atoms with E-state index in [1.54, 1.807) is 10.6 Å². The number of halogens is 3. The van der Waals surface area contributed by atoms with Crippen molar-refractivity contribution in [1.82, 2.24) is 14.9 Å². The number of nitrogens with zero attached hydrogens (tertiary/aromatic N) is 2. The topological polar surface area (TPSA) is 76.0 Å². The summed E-state index contributed by atoms with van der Waals surface area (Å²) in [7, 11) is 0. The molecule has 2 aromatic rings. The molecule has 6 nitrogen and oxygen atoms in total. The fraction of sp³-hybridized carbons (Fsp3) is 0.526. The fourth-order valence-corrected chi connectivity index (χ4v) is 3.23. The molecule has 0 aliphatic carbocycles. The molecule has 1 aromatic heterocycles. The highest BCUT2D eigenvalue weighted by molar-refractivity contribution is 6.02. The average molecular weight is 396 g/mol. The maximum absolute atomic E-state index is 13.1. The molecule has 0 fully saturated rings. The van der Waals surface area contributed by atoms with Crippen molar-refractivity contribution in [3.63, 3.8) is 0 Å². The minimum Gasteiger partial charge on any atom is -0.348 e. The van der Waals surface area contributed by atoms with Crippen molar-refractivity contribution in [2.24, 2.45) is 5.41 Å². The van der Waals surface area contributed by atoms with Crippen LogP contribution in [0.4, 0.5) is 19.1 Å². The standard InChI is InChI=1S/C19H23F3N4O2/c1-17(2,3)26-13-6-10-9-23-15(28)11(10)7-12(13)24-16(26)25-14(27)8-18(4,5)19(20,21)22/h6-7H,8-9H2,1-5H3,(H,23,28)(H,24,25,27). The van der Waals surface area contributed by atoms with E-state index in [2.05, 4.69) is 15.6 Å². The summed E-state index contributed by atoms with van der Waals surface area (Å²) >= 11 is 0. The molecular formula is C19H23F3N4O2. The molecule has 0 bridgehead atoms. The van der Waals surface area contributed by atoms with Crippen LogP contribution in [0.2, 0.25) is 0 Å². The molecule has 152 valence electrons. The van der Waals surface area contributed by atoms with Gasteiger partial charge in [-0.05, 0) is 38.5 Å². The molecule has 2 amide bonds. The Morgan fingerprint density at radius 3 is 2.43 bits per heavy atom. The molecule has 2 N–H and O–H groups in total. The lowest BCUT2D eigenvalue weighted by atomic mass is 9.88. The summed E-state index contributed by atoms with van der Waals surface area (Å²) in [6.07, 6.45) is -5.22. The molecule has 0 saturated heterocycles. The number of anilines is 1. The van der Waals surface area contributed by atoms with Gasteiger partial charge in [0.25, 0.3) is 5.91 Å². The number of amides is 2. The molecular weight excluding hydrogens is 373 g/mol. The highest BCUT2D eigenvalue weighted by atomic mass is 19.4. The first-order valence-corrected chi connectivity index (χ1v) is 8.91. The molecule has 9 heteroatoms. The zero-order valence-corrected chi connectivity index (χ0v) is 16.4. The van der Waals surface area contributed by atoms with Gasteiger partial charge < -0.3 is 9.88 Å². The number of alkyl halides is 3. The van der Waals surface area contributed by atoms with Gasteiger partial charge in [0.2, 0.25) is 11.9 Å². The van der Waals surface area contributed by atoms with Crippen molar-refractivity contribution in [1.29, 1.82) is 0 Å². The van der Waals surface area contributed by atoms with E-state index in [4.69, 9.17) is 0 Å². The molecule has 0 spiro atoms. The van der Waals surface area contributed by atoms with Gasteiger partial charge in [0, 0.05) is 24.1 Å². The highest BCUT2D eigenvalue weighted by Gasteiger charge is 2.48. The van der Waals surface area contributed by atoms with Gasteiger partial charge >= 0.3 is 6.18 Å². The van der Waals surface area contributed by atoms with E-state index in [0.717, 1.165) is 19.4 Å². The Morgan fingerprint density at radius 1 is 1.21 bits per heavy atom. The number of fused-ring (bicyclic) bond motifs is 2. The molecule has 28 heavy (non-hydrogen) atoms. The lowest BCUT2D eigenvalue weighted by Crippen LogP contribution is -2.36. The van der Waals surface area contributed by atoms with Crippen molar-refractivity contribution in [2.45, 2.75) is 59.3 Å². The predicted octanol–water partition coefficient (Wildman–Crippen LogP) is 3.95. The van der Waals surface area contributed by atoms with Crippen molar-refractivity contribution < 1.29 is 22.8 Å². The van der Waals surface area contributed by atoms with Crippen LogP contribution >= 0.6 is 0 Å². The van der Waals surface area contributed by atoms with Gasteiger partial charge in [-0.25, -0.2) is 4.98 Å². The Bertz CT molecular complexity index is 968. The van der Waals surface area contributed by atoms with Gasteiger partial charge in [0.1, 0.15) is 0 Å². The fourth-order valence-electron chi connectivity index (χ4n) is 3.23. The monoisotopic (exact) mass is 396 g/mol. The summed E-state index contributed by atoms with van der Waals surface area (Å²) in [5.41, 5.74) is -0.124. The van der Waals surface area contributed by atoms with Gasteiger partial charge in [-0.3, -0.25) is 14.9 Å². The van der Waals surface area contributed by atoms with Crippen molar-refractivity contribution in [3.05, 3.63) is 23.3 Å². The highest BCUT2D eigenvalue weighted by Crippen LogP contribution is 2.40. The predicted molar refractivity (Wildman–Crippen MR) is 99.0 cm³/mol. The van der Waals surface area contributed by atoms with Crippen LogP contribution in [0.25, 0.3) is 11.0 Å². The summed E-state index contributed by atoms with van der Waals surface area (Å²) in [5.74, 6) is -0.803. The average Bonchev–Trinajstić information content (AvgIpc) is 3.03. The second-order valence-corrected chi connectivity index (χ2v) is 8.73. The number of carbonyl (C=O) groups excluding carboxylic acids is 2. The van der Waals surface area contributed by atoms with Crippen LogP contribution < -0.4 is 10.6 Å². The van der Waals surface area contributed by atoms with E-state index in [-0.39, 0.29) is 11.9 Å². The maximum Gasteiger partial charge on any atom is 0.394 e. The van der Waals surface area contributed by atoms with Crippen molar-refractivity contribution in [3.8, 4) is 0 Å². The van der Waals surface area contributed by atoms with E-state index in [1.807, 2.05) is 26.8 Å². The molecule has 2 heterocycles. The summed E-state index contributed by atoms with van der Waals surface area (Å²) in [6, 6.07) is 3.47. The van der Waals surface area contributed by atoms with Gasteiger partial charge in [-0.15, -0.1) is 0 Å². The number of hydrogen-bond acceptors (Lipinski definition) is 3. The van der Waals surface area contributed by atoms with E-state index in [0.29, 0.717) is 23.1 Å². The number of nitrogens with one attached hydrogen (secondary N) is 2. The number of benzene rings is 1. The second kappa shape index (κ2) is 6.22.